The normalized spacial score (nSPS) is 12.0. The molecule has 0 heterocycles. The number of benzene rings is 3. The number of nitrogens with one attached hydrogen (secondary N) is 1. The van der Waals surface area contributed by atoms with Crippen molar-refractivity contribution < 1.29 is 22.7 Å². The van der Waals surface area contributed by atoms with Gasteiger partial charge in [-0.1, -0.05) is 60.3 Å². The van der Waals surface area contributed by atoms with E-state index in [4.69, 9.17) is 39.5 Å². The lowest BCUT2D eigenvalue weighted by molar-refractivity contribution is -0.139. The van der Waals surface area contributed by atoms with Gasteiger partial charge in [0.05, 0.1) is 27.7 Å². The van der Waals surface area contributed by atoms with E-state index in [1.165, 1.54) is 42.3 Å². The predicted octanol–water partition coefficient (Wildman–Crippen LogP) is 6.18. The first-order valence-corrected chi connectivity index (χ1v) is 15.5. The molecule has 0 radical (unpaired) electrons. The number of hydrogen-bond donors (Lipinski definition) is 1. The van der Waals surface area contributed by atoms with Crippen LogP contribution in [-0.4, -0.2) is 51.4 Å². The van der Waals surface area contributed by atoms with Crippen molar-refractivity contribution in [1.29, 1.82) is 0 Å². The summed E-state index contributed by atoms with van der Waals surface area (Å²) in [6, 6.07) is 16.0. The third kappa shape index (κ3) is 8.52. The summed E-state index contributed by atoms with van der Waals surface area (Å²) in [6.07, 6.45) is 1.67. The number of ether oxygens (including phenoxy) is 1. The van der Waals surface area contributed by atoms with E-state index in [1.54, 1.807) is 43.3 Å². The number of halogens is 3. The average Bonchev–Trinajstić information content (AvgIpc) is 2.95. The van der Waals surface area contributed by atoms with Crippen molar-refractivity contribution in [2.45, 2.75) is 44.2 Å². The van der Waals surface area contributed by atoms with Crippen molar-refractivity contribution in [2.24, 2.45) is 0 Å². The highest BCUT2D eigenvalue weighted by Gasteiger charge is 2.32. The smallest absolute Gasteiger partial charge is 0.264 e. The van der Waals surface area contributed by atoms with Gasteiger partial charge >= 0.3 is 0 Å². The van der Waals surface area contributed by atoms with Gasteiger partial charge in [-0.25, -0.2) is 8.42 Å². The SMILES string of the molecule is CCCCNC(=O)C(C)N(Cc1ccc(Cl)c(Cl)c1)C(=O)CN(c1cccc(Cl)c1)S(=O)(=O)c1ccc(OC)cc1. The fourth-order valence-electron chi connectivity index (χ4n) is 3.99. The Balaban J connectivity index is 2.02. The van der Waals surface area contributed by atoms with Gasteiger partial charge in [0.2, 0.25) is 11.8 Å². The first-order valence-electron chi connectivity index (χ1n) is 12.9. The quantitative estimate of drug-likeness (QED) is 0.225. The summed E-state index contributed by atoms with van der Waals surface area (Å²) in [5.74, 6) is -0.490. The molecule has 3 rings (SSSR count). The van der Waals surface area contributed by atoms with Crippen LogP contribution in [0.15, 0.2) is 71.6 Å². The third-order valence-corrected chi connectivity index (χ3v) is 9.12. The van der Waals surface area contributed by atoms with Gasteiger partial charge in [-0.3, -0.25) is 13.9 Å². The third-order valence-electron chi connectivity index (χ3n) is 6.36. The second kappa shape index (κ2) is 14.8. The van der Waals surface area contributed by atoms with E-state index >= 15 is 0 Å². The van der Waals surface area contributed by atoms with Gasteiger partial charge in [0.15, 0.2) is 0 Å². The molecule has 41 heavy (non-hydrogen) atoms. The number of sulfonamides is 1. The minimum atomic E-state index is -4.24. The maximum absolute atomic E-state index is 14.0. The van der Waals surface area contributed by atoms with Gasteiger partial charge in [0, 0.05) is 18.1 Å². The molecule has 0 aliphatic rings. The van der Waals surface area contributed by atoms with Crippen molar-refractivity contribution in [1.82, 2.24) is 10.2 Å². The van der Waals surface area contributed by atoms with E-state index in [-0.39, 0.29) is 23.0 Å². The Morgan fingerprint density at radius 1 is 0.976 bits per heavy atom. The monoisotopic (exact) mass is 639 g/mol. The standard InChI is InChI=1S/C29H32Cl3N3O5S/c1-4-5-15-33-29(37)20(2)34(18-21-9-14-26(31)27(32)16-21)28(36)19-35(23-8-6-7-22(30)17-23)41(38,39)25-12-10-24(40-3)11-13-25/h6-14,16-17,20H,4-5,15,18-19H2,1-3H3,(H,33,37). The number of rotatable bonds is 13. The molecule has 0 saturated heterocycles. The van der Waals surface area contributed by atoms with E-state index in [0.717, 1.165) is 17.1 Å². The lowest BCUT2D eigenvalue weighted by Crippen LogP contribution is -2.51. The van der Waals surface area contributed by atoms with Gasteiger partial charge < -0.3 is 15.0 Å². The summed E-state index contributed by atoms with van der Waals surface area (Å²) in [5.41, 5.74) is 0.810. The number of carbonyl (C=O) groups is 2. The number of amides is 2. The van der Waals surface area contributed by atoms with Crippen molar-refractivity contribution in [2.75, 3.05) is 24.5 Å². The predicted molar refractivity (Wildman–Crippen MR) is 163 cm³/mol. The van der Waals surface area contributed by atoms with E-state index in [1.807, 2.05) is 6.92 Å². The van der Waals surface area contributed by atoms with Gasteiger partial charge in [0.25, 0.3) is 10.0 Å². The summed E-state index contributed by atoms with van der Waals surface area (Å²) < 4.78 is 33.9. The zero-order valence-corrected chi connectivity index (χ0v) is 26.0. The lowest BCUT2D eigenvalue weighted by Gasteiger charge is -2.32. The molecule has 1 unspecified atom stereocenters. The molecule has 0 bridgehead atoms. The molecule has 8 nitrogen and oxygen atoms in total. The molecule has 0 spiro atoms. The summed E-state index contributed by atoms with van der Waals surface area (Å²) >= 11 is 18.5. The Labute approximate surface area is 256 Å². The summed E-state index contributed by atoms with van der Waals surface area (Å²) in [4.78, 5) is 28.3. The molecule has 0 saturated carbocycles. The van der Waals surface area contributed by atoms with Gasteiger partial charge in [-0.2, -0.15) is 0 Å². The summed E-state index contributed by atoms with van der Waals surface area (Å²) in [6.45, 7) is 3.45. The zero-order valence-electron chi connectivity index (χ0n) is 22.9. The van der Waals surface area contributed by atoms with Crippen LogP contribution >= 0.6 is 34.8 Å². The van der Waals surface area contributed by atoms with Crippen molar-refractivity contribution >= 4 is 62.3 Å². The number of anilines is 1. The second-order valence-electron chi connectivity index (χ2n) is 9.26. The Hall–Kier alpha value is -2.98. The number of hydrogen-bond acceptors (Lipinski definition) is 5. The molecule has 220 valence electrons. The van der Waals surface area contributed by atoms with E-state index < -0.39 is 28.5 Å². The molecule has 0 aliphatic carbocycles. The maximum atomic E-state index is 14.0. The number of methoxy groups -OCH3 is 1. The Bertz CT molecular complexity index is 1470. The first kappa shape index (κ1) is 32.5. The topological polar surface area (TPSA) is 96.0 Å². The van der Waals surface area contributed by atoms with Gasteiger partial charge in [-0.15, -0.1) is 0 Å². The minimum Gasteiger partial charge on any atom is -0.497 e. The van der Waals surface area contributed by atoms with E-state index in [0.29, 0.717) is 32.9 Å². The van der Waals surface area contributed by atoms with Crippen LogP contribution in [-0.2, 0) is 26.2 Å². The van der Waals surface area contributed by atoms with E-state index in [9.17, 15) is 18.0 Å². The highest BCUT2D eigenvalue weighted by Crippen LogP contribution is 2.28. The van der Waals surface area contributed by atoms with Crippen LogP contribution in [0.5, 0.6) is 5.75 Å². The second-order valence-corrected chi connectivity index (χ2v) is 12.4. The molecule has 2 amide bonds. The molecule has 1 N–H and O–H groups in total. The number of carbonyl (C=O) groups excluding carboxylic acids is 2. The summed E-state index contributed by atoms with van der Waals surface area (Å²) in [5, 5.41) is 3.77. The molecule has 1 atom stereocenters. The number of unbranched alkanes of at least 4 members (excludes halogenated alkanes) is 1. The Morgan fingerprint density at radius 2 is 1.68 bits per heavy atom. The van der Waals surface area contributed by atoms with Crippen LogP contribution in [0.25, 0.3) is 0 Å². The molecule has 0 aromatic heterocycles. The van der Waals surface area contributed by atoms with Crippen molar-refractivity contribution in [3.8, 4) is 5.75 Å². The van der Waals surface area contributed by atoms with Crippen LogP contribution in [0.2, 0.25) is 15.1 Å². The molecule has 12 heteroatoms. The molecular formula is C29H32Cl3N3O5S. The largest absolute Gasteiger partial charge is 0.497 e. The number of nitrogens with zero attached hydrogens (tertiary/aromatic N) is 2. The van der Waals surface area contributed by atoms with Crippen LogP contribution in [0, 0.1) is 0 Å². The molecule has 3 aromatic rings. The van der Waals surface area contributed by atoms with Gasteiger partial charge in [0.1, 0.15) is 18.3 Å². The van der Waals surface area contributed by atoms with Gasteiger partial charge in [-0.05, 0) is 73.5 Å². The first-order chi connectivity index (χ1) is 19.5. The zero-order chi connectivity index (χ0) is 30.2. The molecular weight excluding hydrogens is 609 g/mol. The van der Waals surface area contributed by atoms with Crippen LogP contribution in [0.4, 0.5) is 5.69 Å². The van der Waals surface area contributed by atoms with Crippen molar-refractivity contribution in [3.63, 3.8) is 0 Å². The maximum Gasteiger partial charge on any atom is 0.264 e. The Morgan fingerprint density at radius 3 is 2.29 bits per heavy atom. The van der Waals surface area contributed by atoms with Crippen LogP contribution < -0.4 is 14.4 Å². The van der Waals surface area contributed by atoms with Crippen molar-refractivity contribution in [3.05, 3.63) is 87.4 Å². The Kier molecular flexibility index (Phi) is 11.7. The molecule has 0 aliphatic heterocycles. The van der Waals surface area contributed by atoms with Crippen LogP contribution in [0.3, 0.4) is 0 Å². The summed E-state index contributed by atoms with van der Waals surface area (Å²) in [7, 11) is -2.77. The fourth-order valence-corrected chi connectivity index (χ4v) is 5.90. The highest BCUT2D eigenvalue weighted by atomic mass is 35.5. The molecule has 0 fully saturated rings. The molecule has 3 aromatic carbocycles. The van der Waals surface area contributed by atoms with E-state index in [2.05, 4.69) is 5.32 Å². The fraction of sp³-hybridized carbons (Fsp3) is 0.310. The van der Waals surface area contributed by atoms with Crippen LogP contribution in [0.1, 0.15) is 32.3 Å². The minimum absolute atomic E-state index is 0.00987. The highest BCUT2D eigenvalue weighted by molar-refractivity contribution is 7.92. The lowest BCUT2D eigenvalue weighted by atomic mass is 10.1. The average molecular weight is 641 g/mol.